The summed E-state index contributed by atoms with van der Waals surface area (Å²) in [5, 5.41) is 2.14. The molecular weight excluding hydrogens is 344 g/mol. The number of likely N-dealkylation sites (N-methyl/N-ethyl adjacent to an activating group) is 1. The van der Waals surface area contributed by atoms with Gasteiger partial charge in [-0.3, -0.25) is 4.90 Å². The third kappa shape index (κ3) is 4.39. The summed E-state index contributed by atoms with van der Waals surface area (Å²) in [6.07, 6.45) is 2.04. The van der Waals surface area contributed by atoms with Crippen LogP contribution in [0.2, 0.25) is 0 Å². The fourth-order valence-electron chi connectivity index (χ4n) is 2.61. The lowest BCUT2D eigenvalue weighted by molar-refractivity contribution is 0.211. The van der Waals surface area contributed by atoms with Crippen LogP contribution < -0.4 is 5.73 Å². The molecule has 2 nitrogen and oxygen atoms in total. The van der Waals surface area contributed by atoms with Crippen LogP contribution in [0.5, 0.6) is 0 Å². The van der Waals surface area contributed by atoms with Gasteiger partial charge < -0.3 is 5.73 Å². The molecule has 2 unspecified atom stereocenters. The summed E-state index contributed by atoms with van der Waals surface area (Å²) >= 11 is 5.49. The first-order valence-corrected chi connectivity index (χ1v) is 9.03. The van der Waals surface area contributed by atoms with Gasteiger partial charge in [-0.05, 0) is 43.0 Å². The van der Waals surface area contributed by atoms with Crippen LogP contribution in [0.15, 0.2) is 46.3 Å². The molecule has 0 fully saturated rings. The van der Waals surface area contributed by atoms with Crippen molar-refractivity contribution >= 4 is 27.3 Å². The van der Waals surface area contributed by atoms with Crippen LogP contribution in [0.25, 0.3) is 0 Å². The minimum Gasteiger partial charge on any atom is -0.326 e. The molecule has 114 valence electrons. The highest BCUT2D eigenvalue weighted by atomic mass is 79.9. The first-order chi connectivity index (χ1) is 10.1. The fraction of sp³-hybridized carbons (Fsp3) is 0.412. The van der Waals surface area contributed by atoms with Crippen LogP contribution in [0.1, 0.15) is 29.8 Å². The zero-order valence-electron chi connectivity index (χ0n) is 12.6. The van der Waals surface area contributed by atoms with Gasteiger partial charge in [-0.15, -0.1) is 11.3 Å². The molecule has 2 atom stereocenters. The number of halogens is 1. The Kier molecular flexibility index (Phi) is 6.42. The number of hydrogen-bond donors (Lipinski definition) is 1. The van der Waals surface area contributed by atoms with Gasteiger partial charge in [0, 0.05) is 21.9 Å². The Labute approximate surface area is 140 Å². The molecule has 2 aromatic rings. The van der Waals surface area contributed by atoms with Crippen molar-refractivity contribution in [3.63, 3.8) is 0 Å². The molecule has 1 aromatic carbocycles. The fourth-order valence-corrected chi connectivity index (χ4v) is 3.83. The standard InChI is InChI=1S/C17H23BrN2S/c1-3-16(19)17(14-8-4-5-9-15(14)18)20(2)11-10-13-7-6-12-21-13/h4-9,12,16-17H,3,10-11,19H2,1-2H3. The quantitative estimate of drug-likeness (QED) is 0.783. The van der Waals surface area contributed by atoms with Gasteiger partial charge in [0.1, 0.15) is 0 Å². The number of hydrogen-bond acceptors (Lipinski definition) is 3. The highest BCUT2D eigenvalue weighted by molar-refractivity contribution is 9.10. The van der Waals surface area contributed by atoms with Gasteiger partial charge in [0.25, 0.3) is 0 Å². The van der Waals surface area contributed by atoms with Crippen LogP contribution in [0, 0.1) is 0 Å². The zero-order chi connectivity index (χ0) is 15.2. The van der Waals surface area contributed by atoms with Crippen molar-refractivity contribution in [1.29, 1.82) is 0 Å². The van der Waals surface area contributed by atoms with Gasteiger partial charge >= 0.3 is 0 Å². The molecule has 0 aliphatic rings. The monoisotopic (exact) mass is 366 g/mol. The van der Waals surface area contributed by atoms with Gasteiger partial charge in [-0.25, -0.2) is 0 Å². The summed E-state index contributed by atoms with van der Waals surface area (Å²) < 4.78 is 1.14. The average Bonchev–Trinajstić information content (AvgIpc) is 3.00. The Hall–Kier alpha value is -0.680. The maximum absolute atomic E-state index is 6.41. The minimum absolute atomic E-state index is 0.136. The molecule has 4 heteroatoms. The summed E-state index contributed by atoms with van der Waals surface area (Å²) in [6.45, 7) is 3.17. The number of benzene rings is 1. The normalized spacial score (nSPS) is 14.3. The third-order valence-corrected chi connectivity index (χ3v) is 5.53. The van der Waals surface area contributed by atoms with Crippen molar-refractivity contribution in [3.05, 3.63) is 56.7 Å². The van der Waals surface area contributed by atoms with E-state index in [1.165, 1.54) is 10.4 Å². The van der Waals surface area contributed by atoms with E-state index in [-0.39, 0.29) is 12.1 Å². The molecule has 1 heterocycles. The SMILES string of the molecule is CCC(N)C(c1ccccc1Br)N(C)CCc1cccs1. The number of nitrogens with zero attached hydrogens (tertiary/aromatic N) is 1. The molecule has 21 heavy (non-hydrogen) atoms. The Balaban J connectivity index is 2.14. The lowest BCUT2D eigenvalue weighted by atomic mass is 9.96. The second-order valence-corrected chi connectivity index (χ2v) is 7.24. The van der Waals surface area contributed by atoms with Gasteiger partial charge in [-0.2, -0.15) is 0 Å². The van der Waals surface area contributed by atoms with E-state index in [4.69, 9.17) is 5.73 Å². The number of nitrogens with two attached hydrogens (primary N) is 1. The predicted octanol–water partition coefficient (Wildman–Crippen LogP) is 4.46. The van der Waals surface area contributed by atoms with E-state index in [0.29, 0.717) is 0 Å². The Bertz CT molecular complexity index is 541. The van der Waals surface area contributed by atoms with Crippen molar-refractivity contribution in [2.45, 2.75) is 31.8 Å². The van der Waals surface area contributed by atoms with Gasteiger partial charge in [-0.1, -0.05) is 47.1 Å². The highest BCUT2D eigenvalue weighted by Gasteiger charge is 2.24. The molecule has 0 radical (unpaired) electrons. The van der Waals surface area contributed by atoms with E-state index in [0.717, 1.165) is 23.9 Å². The largest absolute Gasteiger partial charge is 0.326 e. The summed E-state index contributed by atoms with van der Waals surface area (Å²) in [7, 11) is 2.17. The van der Waals surface area contributed by atoms with Gasteiger partial charge in [0.15, 0.2) is 0 Å². The number of rotatable bonds is 7. The van der Waals surface area contributed by atoms with Crippen LogP contribution in [-0.4, -0.2) is 24.5 Å². The predicted molar refractivity (Wildman–Crippen MR) is 95.8 cm³/mol. The van der Waals surface area contributed by atoms with Crippen LogP contribution in [0.3, 0.4) is 0 Å². The summed E-state index contributed by atoms with van der Waals surface area (Å²) in [4.78, 5) is 3.81. The summed E-state index contributed by atoms with van der Waals surface area (Å²) in [5.41, 5.74) is 7.69. The van der Waals surface area contributed by atoms with E-state index < -0.39 is 0 Å². The first kappa shape index (κ1) is 16.7. The molecule has 0 saturated carbocycles. The molecule has 0 spiro atoms. The van der Waals surface area contributed by atoms with Crippen LogP contribution in [0.4, 0.5) is 0 Å². The molecule has 0 aliphatic heterocycles. The van der Waals surface area contributed by atoms with Gasteiger partial charge in [0.2, 0.25) is 0 Å². The Morgan fingerprint density at radius 2 is 2.00 bits per heavy atom. The first-order valence-electron chi connectivity index (χ1n) is 7.36. The molecule has 0 aliphatic carbocycles. The van der Waals surface area contributed by atoms with Crippen molar-refractivity contribution in [2.75, 3.05) is 13.6 Å². The van der Waals surface area contributed by atoms with E-state index in [2.05, 4.69) is 70.5 Å². The topological polar surface area (TPSA) is 29.3 Å². The lowest BCUT2D eigenvalue weighted by Gasteiger charge is -2.33. The maximum Gasteiger partial charge on any atom is 0.0507 e. The molecular formula is C17H23BrN2S. The van der Waals surface area contributed by atoms with E-state index in [1.54, 1.807) is 0 Å². The summed E-state index contributed by atoms with van der Waals surface area (Å²) in [5.74, 6) is 0. The van der Waals surface area contributed by atoms with Crippen molar-refractivity contribution in [3.8, 4) is 0 Å². The molecule has 0 saturated heterocycles. The van der Waals surface area contributed by atoms with E-state index in [1.807, 2.05) is 17.4 Å². The minimum atomic E-state index is 0.136. The van der Waals surface area contributed by atoms with Crippen molar-refractivity contribution < 1.29 is 0 Å². The second-order valence-electron chi connectivity index (χ2n) is 5.35. The summed E-state index contributed by atoms with van der Waals surface area (Å²) in [6, 6.07) is 13.1. The average molecular weight is 367 g/mol. The maximum atomic E-state index is 6.41. The Morgan fingerprint density at radius 1 is 1.24 bits per heavy atom. The smallest absolute Gasteiger partial charge is 0.0507 e. The third-order valence-electron chi connectivity index (χ3n) is 3.87. The molecule has 1 aromatic heterocycles. The number of thiophene rings is 1. The lowest BCUT2D eigenvalue weighted by Crippen LogP contribution is -2.39. The van der Waals surface area contributed by atoms with Crippen LogP contribution in [-0.2, 0) is 6.42 Å². The Morgan fingerprint density at radius 3 is 2.62 bits per heavy atom. The molecule has 2 rings (SSSR count). The van der Waals surface area contributed by atoms with Gasteiger partial charge in [0.05, 0.1) is 6.04 Å². The highest BCUT2D eigenvalue weighted by Crippen LogP contribution is 2.30. The molecule has 0 amide bonds. The van der Waals surface area contributed by atoms with Crippen LogP contribution >= 0.6 is 27.3 Å². The molecule has 0 bridgehead atoms. The van der Waals surface area contributed by atoms with Crippen molar-refractivity contribution in [1.82, 2.24) is 4.90 Å². The van der Waals surface area contributed by atoms with E-state index in [9.17, 15) is 0 Å². The zero-order valence-corrected chi connectivity index (χ0v) is 15.0. The molecule has 2 N–H and O–H groups in total. The second kappa shape index (κ2) is 8.08. The van der Waals surface area contributed by atoms with Crippen molar-refractivity contribution in [2.24, 2.45) is 5.73 Å². The van der Waals surface area contributed by atoms with E-state index >= 15 is 0 Å².